The number of aliphatic hydroxyl groups is 1. The minimum Gasteiger partial charge on any atom is -0.387 e. The summed E-state index contributed by atoms with van der Waals surface area (Å²) in [6, 6.07) is 4.18. The van der Waals surface area contributed by atoms with Gasteiger partial charge in [-0.05, 0) is 25.5 Å². The average molecular weight is 308 g/mol. The number of aromatic nitrogens is 3. The van der Waals surface area contributed by atoms with Crippen LogP contribution in [0.25, 0.3) is 0 Å². The van der Waals surface area contributed by atoms with Crippen molar-refractivity contribution >= 4 is 0 Å². The predicted octanol–water partition coefficient (Wildman–Crippen LogP) is 1.58. The Bertz CT molecular complexity index is 634. The molecule has 3 rings (SSSR count). The summed E-state index contributed by atoms with van der Waals surface area (Å²) in [7, 11) is 0. The first-order chi connectivity index (χ1) is 10.6. The van der Waals surface area contributed by atoms with Gasteiger partial charge in [0.2, 0.25) is 0 Å². The molecule has 2 aromatic rings. The molecule has 22 heavy (non-hydrogen) atoms. The van der Waals surface area contributed by atoms with Crippen LogP contribution in [0.3, 0.4) is 0 Å². The van der Waals surface area contributed by atoms with E-state index in [1.54, 1.807) is 23.1 Å². The zero-order valence-electron chi connectivity index (χ0n) is 12.1. The lowest BCUT2D eigenvalue weighted by Crippen LogP contribution is -2.50. The Kier molecular flexibility index (Phi) is 4.17. The fourth-order valence-corrected chi connectivity index (χ4v) is 3.00. The molecule has 0 spiro atoms. The van der Waals surface area contributed by atoms with E-state index < -0.39 is 17.2 Å². The van der Waals surface area contributed by atoms with Crippen LogP contribution in [0.2, 0.25) is 0 Å². The maximum atomic E-state index is 13.8. The van der Waals surface area contributed by atoms with Gasteiger partial charge in [0.05, 0.1) is 18.3 Å². The first-order valence-corrected chi connectivity index (χ1v) is 7.27. The molecule has 1 fully saturated rings. The van der Waals surface area contributed by atoms with Crippen molar-refractivity contribution in [1.82, 2.24) is 19.9 Å². The Hall–Kier alpha value is -1.86. The summed E-state index contributed by atoms with van der Waals surface area (Å²) in [5.41, 5.74) is -0.625. The van der Waals surface area contributed by atoms with E-state index in [2.05, 4.69) is 10.3 Å². The highest BCUT2D eigenvalue weighted by Crippen LogP contribution is 2.25. The summed E-state index contributed by atoms with van der Waals surface area (Å²) < 4.78 is 28.6. The Morgan fingerprint density at radius 2 is 2.18 bits per heavy atom. The van der Waals surface area contributed by atoms with Gasteiger partial charge in [-0.1, -0.05) is 17.3 Å². The molecule has 1 N–H and O–H groups in total. The van der Waals surface area contributed by atoms with Crippen LogP contribution in [0.4, 0.5) is 8.78 Å². The standard InChI is InChI=1S/C15H18F2N4O/c16-13-4-1-3-12(14(13)17)9-20-7-2-5-15(22,10-20)11-21-8-6-18-19-21/h1,3-4,6,8,22H,2,5,7,9-11H2. The van der Waals surface area contributed by atoms with E-state index >= 15 is 0 Å². The highest BCUT2D eigenvalue weighted by molar-refractivity contribution is 5.19. The van der Waals surface area contributed by atoms with Crippen LogP contribution in [-0.2, 0) is 13.1 Å². The molecule has 1 atom stereocenters. The predicted molar refractivity (Wildman–Crippen MR) is 75.8 cm³/mol. The van der Waals surface area contributed by atoms with Crippen LogP contribution in [0.1, 0.15) is 18.4 Å². The molecular formula is C15H18F2N4O. The normalized spacial score (nSPS) is 22.9. The van der Waals surface area contributed by atoms with Crippen molar-refractivity contribution in [3.8, 4) is 0 Å². The molecule has 1 aromatic heterocycles. The van der Waals surface area contributed by atoms with Gasteiger partial charge in [0.25, 0.3) is 0 Å². The third kappa shape index (κ3) is 3.31. The van der Waals surface area contributed by atoms with Crippen molar-refractivity contribution in [2.45, 2.75) is 31.5 Å². The summed E-state index contributed by atoms with van der Waals surface area (Å²) in [5.74, 6) is -1.65. The van der Waals surface area contributed by atoms with E-state index in [1.807, 2.05) is 4.90 Å². The molecule has 2 heterocycles. The summed E-state index contributed by atoms with van der Waals surface area (Å²) in [4.78, 5) is 1.94. The van der Waals surface area contributed by atoms with Crippen LogP contribution in [0.5, 0.6) is 0 Å². The van der Waals surface area contributed by atoms with Crippen LogP contribution in [-0.4, -0.2) is 43.7 Å². The van der Waals surface area contributed by atoms with Crippen molar-refractivity contribution in [3.05, 3.63) is 47.8 Å². The van der Waals surface area contributed by atoms with Crippen LogP contribution >= 0.6 is 0 Å². The molecule has 1 aromatic carbocycles. The van der Waals surface area contributed by atoms with Gasteiger partial charge in [0.1, 0.15) is 0 Å². The van der Waals surface area contributed by atoms with Gasteiger partial charge in [-0.2, -0.15) is 0 Å². The molecule has 1 aliphatic heterocycles. The van der Waals surface area contributed by atoms with Crippen LogP contribution in [0, 0.1) is 11.6 Å². The first-order valence-electron chi connectivity index (χ1n) is 7.27. The molecule has 0 bridgehead atoms. The number of likely N-dealkylation sites (tertiary alicyclic amines) is 1. The van der Waals surface area contributed by atoms with Crippen molar-refractivity contribution in [3.63, 3.8) is 0 Å². The highest BCUT2D eigenvalue weighted by atomic mass is 19.2. The van der Waals surface area contributed by atoms with E-state index in [-0.39, 0.29) is 6.54 Å². The lowest BCUT2D eigenvalue weighted by Gasteiger charge is -2.39. The van der Waals surface area contributed by atoms with E-state index in [0.717, 1.165) is 19.0 Å². The van der Waals surface area contributed by atoms with Gasteiger partial charge >= 0.3 is 0 Å². The molecular weight excluding hydrogens is 290 g/mol. The summed E-state index contributed by atoms with van der Waals surface area (Å²) in [6.45, 7) is 1.76. The molecule has 0 saturated carbocycles. The third-order valence-electron chi connectivity index (χ3n) is 3.99. The zero-order chi connectivity index (χ0) is 15.6. The minimum atomic E-state index is -0.935. The third-order valence-corrected chi connectivity index (χ3v) is 3.99. The highest BCUT2D eigenvalue weighted by Gasteiger charge is 2.34. The quantitative estimate of drug-likeness (QED) is 0.932. The van der Waals surface area contributed by atoms with E-state index in [9.17, 15) is 13.9 Å². The van der Waals surface area contributed by atoms with Gasteiger partial charge in [-0.3, -0.25) is 4.90 Å². The second-order valence-electron chi connectivity index (χ2n) is 5.85. The number of hydrogen-bond donors (Lipinski definition) is 1. The smallest absolute Gasteiger partial charge is 0.163 e. The molecule has 0 aliphatic carbocycles. The Morgan fingerprint density at radius 3 is 2.95 bits per heavy atom. The minimum absolute atomic E-state index is 0.281. The van der Waals surface area contributed by atoms with E-state index in [1.165, 1.54) is 6.07 Å². The molecule has 1 unspecified atom stereocenters. The summed E-state index contributed by atoms with van der Waals surface area (Å²) in [6.07, 6.45) is 4.70. The maximum Gasteiger partial charge on any atom is 0.163 e. The molecule has 1 aliphatic rings. The topological polar surface area (TPSA) is 54.2 Å². The second-order valence-corrected chi connectivity index (χ2v) is 5.85. The van der Waals surface area contributed by atoms with E-state index in [0.29, 0.717) is 25.1 Å². The Labute approximate surface area is 127 Å². The van der Waals surface area contributed by atoms with Gasteiger partial charge in [-0.25, -0.2) is 13.5 Å². The molecule has 0 radical (unpaired) electrons. The first kappa shape index (κ1) is 15.1. The summed E-state index contributed by atoms with van der Waals surface area (Å²) >= 11 is 0. The lowest BCUT2D eigenvalue weighted by atomic mass is 9.92. The number of piperidine rings is 1. The van der Waals surface area contributed by atoms with Gasteiger partial charge in [0.15, 0.2) is 11.6 Å². The molecule has 1 saturated heterocycles. The van der Waals surface area contributed by atoms with Crippen molar-refractivity contribution in [2.75, 3.05) is 13.1 Å². The van der Waals surface area contributed by atoms with Crippen LogP contribution in [0.15, 0.2) is 30.6 Å². The Balaban J connectivity index is 1.69. The number of hydrogen-bond acceptors (Lipinski definition) is 4. The number of rotatable bonds is 4. The fourth-order valence-electron chi connectivity index (χ4n) is 3.00. The number of benzene rings is 1. The van der Waals surface area contributed by atoms with E-state index in [4.69, 9.17) is 0 Å². The fraction of sp³-hybridized carbons (Fsp3) is 0.467. The van der Waals surface area contributed by atoms with Crippen molar-refractivity contribution in [1.29, 1.82) is 0 Å². The SMILES string of the molecule is OC1(Cn2ccnn2)CCCN(Cc2cccc(F)c2F)C1. The Morgan fingerprint density at radius 1 is 1.32 bits per heavy atom. The average Bonchev–Trinajstić information content (AvgIpc) is 2.96. The molecule has 0 amide bonds. The summed E-state index contributed by atoms with van der Waals surface area (Å²) in [5, 5.41) is 18.3. The van der Waals surface area contributed by atoms with Crippen molar-refractivity contribution in [2.24, 2.45) is 0 Å². The molecule has 5 nitrogen and oxygen atoms in total. The monoisotopic (exact) mass is 308 g/mol. The molecule has 118 valence electrons. The van der Waals surface area contributed by atoms with Gasteiger partial charge in [-0.15, -0.1) is 5.10 Å². The zero-order valence-corrected chi connectivity index (χ0v) is 12.1. The molecule has 7 heteroatoms. The number of nitrogens with zero attached hydrogens (tertiary/aromatic N) is 4. The maximum absolute atomic E-state index is 13.8. The largest absolute Gasteiger partial charge is 0.387 e. The van der Waals surface area contributed by atoms with Crippen LogP contribution < -0.4 is 0 Å². The van der Waals surface area contributed by atoms with Gasteiger partial charge in [0, 0.05) is 24.8 Å². The van der Waals surface area contributed by atoms with Gasteiger partial charge < -0.3 is 5.11 Å². The number of halogens is 2. The second kappa shape index (κ2) is 6.10. The lowest BCUT2D eigenvalue weighted by molar-refractivity contribution is -0.0481. The van der Waals surface area contributed by atoms with Crippen molar-refractivity contribution < 1.29 is 13.9 Å². The number of β-amino-alcohol motifs (C(OH)–C–C–N with tert-alkyl or cyclic N) is 1.